The van der Waals surface area contributed by atoms with Crippen molar-refractivity contribution in [2.75, 3.05) is 13.1 Å². The van der Waals surface area contributed by atoms with Gasteiger partial charge in [0.15, 0.2) is 10.9 Å². The van der Waals surface area contributed by atoms with Crippen molar-refractivity contribution in [3.05, 3.63) is 77.2 Å². The van der Waals surface area contributed by atoms with E-state index in [2.05, 4.69) is 4.98 Å². The van der Waals surface area contributed by atoms with Crippen molar-refractivity contribution in [1.82, 2.24) is 14.3 Å². The predicted molar refractivity (Wildman–Crippen MR) is 109 cm³/mol. The number of hydrogen-bond donors (Lipinski definition) is 0. The molecule has 5 nitrogen and oxygen atoms in total. The molecule has 142 valence electrons. The number of hydrogen-bond acceptors (Lipinski definition) is 3. The Kier molecular flexibility index (Phi) is 5.26. The number of nitrogens with zero attached hydrogens (tertiary/aromatic N) is 3. The number of aromatic nitrogens is 2. The predicted octanol–water partition coefficient (Wildman–Crippen LogP) is 4.12. The summed E-state index contributed by atoms with van der Waals surface area (Å²) >= 11 is 6.20. The lowest BCUT2D eigenvalue weighted by atomic mass is 9.89. The fourth-order valence-corrected chi connectivity index (χ4v) is 3.83. The molecule has 0 bridgehead atoms. The van der Waals surface area contributed by atoms with E-state index >= 15 is 0 Å². The van der Waals surface area contributed by atoms with Crippen molar-refractivity contribution in [2.45, 2.75) is 12.8 Å². The van der Waals surface area contributed by atoms with Crippen LogP contribution in [0.2, 0.25) is 5.15 Å². The third-order valence-corrected chi connectivity index (χ3v) is 5.42. The van der Waals surface area contributed by atoms with Gasteiger partial charge in [-0.2, -0.15) is 0 Å². The molecule has 6 heteroatoms. The molecule has 1 saturated heterocycles. The van der Waals surface area contributed by atoms with Crippen LogP contribution in [0.5, 0.6) is 0 Å². The number of benzene rings is 1. The first-order valence-electron chi connectivity index (χ1n) is 9.32. The van der Waals surface area contributed by atoms with Crippen LogP contribution in [0.1, 0.15) is 28.9 Å². The molecule has 2 aromatic heterocycles. The lowest BCUT2D eigenvalue weighted by Crippen LogP contribution is -2.39. The summed E-state index contributed by atoms with van der Waals surface area (Å²) < 4.78 is 1.84. The maximum atomic E-state index is 12.6. The minimum absolute atomic E-state index is 0.0244. The third kappa shape index (κ3) is 3.71. The Morgan fingerprint density at radius 1 is 1.04 bits per heavy atom. The van der Waals surface area contributed by atoms with Gasteiger partial charge < -0.3 is 4.90 Å². The number of fused-ring (bicyclic) bond motifs is 1. The molecule has 1 aliphatic rings. The van der Waals surface area contributed by atoms with Gasteiger partial charge in [0.2, 0.25) is 5.91 Å². The van der Waals surface area contributed by atoms with Gasteiger partial charge in [-0.25, -0.2) is 4.98 Å². The van der Waals surface area contributed by atoms with Crippen molar-refractivity contribution in [3.8, 4) is 0 Å². The van der Waals surface area contributed by atoms with Crippen LogP contribution in [0.3, 0.4) is 0 Å². The fourth-order valence-electron chi connectivity index (χ4n) is 3.59. The number of rotatable bonds is 4. The first-order valence-corrected chi connectivity index (χ1v) is 9.70. The summed E-state index contributed by atoms with van der Waals surface area (Å²) in [5.41, 5.74) is 2.16. The van der Waals surface area contributed by atoms with Gasteiger partial charge in [-0.1, -0.05) is 48.0 Å². The van der Waals surface area contributed by atoms with Gasteiger partial charge in [-0.3, -0.25) is 14.0 Å². The molecule has 0 saturated carbocycles. The van der Waals surface area contributed by atoms with E-state index < -0.39 is 0 Å². The Morgan fingerprint density at radius 3 is 2.50 bits per heavy atom. The number of ketones is 1. The Morgan fingerprint density at radius 2 is 1.75 bits per heavy atom. The molecule has 0 spiro atoms. The fraction of sp³-hybridized carbons (Fsp3) is 0.227. The van der Waals surface area contributed by atoms with Gasteiger partial charge in [-0.15, -0.1) is 0 Å². The van der Waals surface area contributed by atoms with Crippen molar-refractivity contribution < 1.29 is 9.59 Å². The summed E-state index contributed by atoms with van der Waals surface area (Å²) in [5.74, 6) is 0.0666. The van der Waals surface area contributed by atoms with Crippen LogP contribution < -0.4 is 0 Å². The van der Waals surface area contributed by atoms with E-state index in [9.17, 15) is 9.59 Å². The highest BCUT2D eigenvalue weighted by Crippen LogP contribution is 2.23. The number of halogens is 1. The van der Waals surface area contributed by atoms with E-state index in [1.54, 1.807) is 11.0 Å². The zero-order valence-corrected chi connectivity index (χ0v) is 16.0. The van der Waals surface area contributed by atoms with Crippen LogP contribution in [0.4, 0.5) is 0 Å². The summed E-state index contributed by atoms with van der Waals surface area (Å²) in [6.07, 6.45) is 6.46. The second-order valence-corrected chi connectivity index (χ2v) is 7.24. The minimum Gasteiger partial charge on any atom is -0.339 e. The van der Waals surface area contributed by atoms with Crippen LogP contribution in [0.25, 0.3) is 11.7 Å². The van der Waals surface area contributed by atoms with Gasteiger partial charge >= 0.3 is 0 Å². The molecule has 1 aromatic carbocycles. The molecular weight excluding hydrogens is 374 g/mol. The lowest BCUT2D eigenvalue weighted by molar-refractivity contribution is -0.127. The lowest BCUT2D eigenvalue weighted by Gasteiger charge is -2.30. The van der Waals surface area contributed by atoms with E-state index in [1.165, 1.54) is 6.08 Å². The van der Waals surface area contributed by atoms with Crippen LogP contribution in [0.15, 0.2) is 60.8 Å². The number of imidazole rings is 1. The molecule has 1 aliphatic heterocycles. The molecule has 3 aromatic rings. The molecule has 28 heavy (non-hydrogen) atoms. The van der Waals surface area contributed by atoms with Crippen molar-refractivity contribution >= 4 is 35.0 Å². The van der Waals surface area contributed by atoms with Crippen molar-refractivity contribution in [2.24, 2.45) is 5.92 Å². The molecule has 0 aliphatic carbocycles. The zero-order valence-electron chi connectivity index (χ0n) is 15.3. The number of amides is 1. The molecule has 0 unspecified atom stereocenters. The number of Topliss-reactive ketones (excluding diaryl/α,β-unsaturated/α-hetero) is 1. The Labute approximate surface area is 168 Å². The van der Waals surface area contributed by atoms with Crippen LogP contribution >= 0.6 is 11.6 Å². The number of carbonyl (C=O) groups is 2. The van der Waals surface area contributed by atoms with Gasteiger partial charge in [-0.05, 0) is 31.1 Å². The summed E-state index contributed by atoms with van der Waals surface area (Å²) in [6, 6.07) is 15.0. The smallest absolute Gasteiger partial charge is 0.246 e. The molecule has 3 heterocycles. The molecule has 1 amide bonds. The average Bonchev–Trinajstić information content (AvgIpc) is 3.07. The summed E-state index contributed by atoms with van der Waals surface area (Å²) in [5, 5.41) is 0.363. The highest BCUT2D eigenvalue weighted by Gasteiger charge is 2.27. The average molecular weight is 394 g/mol. The minimum atomic E-state index is -0.0763. The van der Waals surface area contributed by atoms with E-state index in [1.807, 2.05) is 59.1 Å². The molecular formula is C22H20ClN3O2. The van der Waals surface area contributed by atoms with E-state index in [0.29, 0.717) is 36.8 Å². The highest BCUT2D eigenvalue weighted by atomic mass is 35.5. The summed E-state index contributed by atoms with van der Waals surface area (Å²) in [4.78, 5) is 31.2. The van der Waals surface area contributed by atoms with E-state index in [-0.39, 0.29) is 17.6 Å². The Balaban J connectivity index is 1.39. The molecule has 0 N–H and O–H groups in total. The van der Waals surface area contributed by atoms with Gasteiger partial charge in [0.25, 0.3) is 0 Å². The summed E-state index contributed by atoms with van der Waals surface area (Å²) in [7, 11) is 0. The molecule has 0 atom stereocenters. The quantitative estimate of drug-likeness (QED) is 0.495. The monoisotopic (exact) mass is 393 g/mol. The highest BCUT2D eigenvalue weighted by molar-refractivity contribution is 6.31. The van der Waals surface area contributed by atoms with Crippen LogP contribution in [-0.2, 0) is 4.79 Å². The zero-order chi connectivity index (χ0) is 19.5. The number of carbonyl (C=O) groups excluding carboxylic acids is 2. The van der Waals surface area contributed by atoms with Gasteiger partial charge in [0.1, 0.15) is 5.65 Å². The molecule has 4 rings (SSSR count). The molecule has 0 radical (unpaired) electrons. The second kappa shape index (κ2) is 7.98. The van der Waals surface area contributed by atoms with E-state index in [0.717, 1.165) is 11.2 Å². The Hall–Kier alpha value is -2.92. The second-order valence-electron chi connectivity index (χ2n) is 6.88. The van der Waals surface area contributed by atoms with Gasteiger partial charge in [0, 0.05) is 36.8 Å². The topological polar surface area (TPSA) is 54.7 Å². The SMILES string of the molecule is O=C(c1ccccc1)C1CCN(C(=O)/C=C/c2c(Cl)nc3ccccn23)CC1. The maximum absolute atomic E-state index is 12.6. The van der Waals surface area contributed by atoms with E-state index in [4.69, 9.17) is 11.6 Å². The number of pyridine rings is 1. The first kappa shape index (κ1) is 18.4. The van der Waals surface area contributed by atoms with Gasteiger partial charge in [0.05, 0.1) is 5.69 Å². The molecule has 1 fully saturated rings. The standard InChI is InChI=1S/C22H20ClN3O2/c23-22-18(26-13-5-4-8-19(26)24-22)9-10-20(27)25-14-11-17(12-15-25)21(28)16-6-2-1-3-7-16/h1-10,13,17H,11-12,14-15H2/b10-9+. The third-order valence-electron chi connectivity index (χ3n) is 5.14. The largest absolute Gasteiger partial charge is 0.339 e. The van der Waals surface area contributed by atoms with Crippen LogP contribution in [0, 0.1) is 5.92 Å². The Bertz CT molecular complexity index is 1030. The normalized spacial score (nSPS) is 15.4. The van der Waals surface area contributed by atoms with Crippen molar-refractivity contribution in [3.63, 3.8) is 0 Å². The van der Waals surface area contributed by atoms with Crippen molar-refractivity contribution in [1.29, 1.82) is 0 Å². The first-order chi connectivity index (χ1) is 13.6. The maximum Gasteiger partial charge on any atom is 0.246 e. The number of piperidine rings is 1. The number of likely N-dealkylation sites (tertiary alicyclic amines) is 1. The summed E-state index contributed by atoms with van der Waals surface area (Å²) in [6.45, 7) is 1.15. The van der Waals surface area contributed by atoms with Crippen LogP contribution in [-0.4, -0.2) is 39.1 Å².